The molecule has 0 radical (unpaired) electrons. The third kappa shape index (κ3) is 4.92. The molecule has 9 rings (SSSR count). The molecule has 0 saturated heterocycles. The van der Waals surface area contributed by atoms with E-state index >= 15 is 0 Å². The van der Waals surface area contributed by atoms with Gasteiger partial charge in [-0.05, 0) is 92.5 Å². The summed E-state index contributed by atoms with van der Waals surface area (Å²) in [7, 11) is 0. The van der Waals surface area contributed by atoms with Crippen molar-refractivity contribution in [1.82, 2.24) is 0 Å². The van der Waals surface area contributed by atoms with Gasteiger partial charge in [-0.25, -0.2) is 0 Å². The minimum absolute atomic E-state index is 0.333. The van der Waals surface area contributed by atoms with E-state index in [0.29, 0.717) is 4.90 Å². The van der Waals surface area contributed by atoms with Crippen LogP contribution in [0.3, 0.4) is 0 Å². The molecular formula is C46H31NO. The molecule has 2 nitrogen and oxygen atoms in total. The second kappa shape index (κ2) is 11.8. The lowest BCUT2D eigenvalue weighted by atomic mass is 9.95. The predicted molar refractivity (Wildman–Crippen MR) is 202 cm³/mol. The van der Waals surface area contributed by atoms with Crippen molar-refractivity contribution in [3.63, 3.8) is 0 Å². The monoisotopic (exact) mass is 644 g/mol. The van der Waals surface area contributed by atoms with E-state index in [9.17, 15) is 17.8 Å². The highest BCUT2D eigenvalue weighted by atomic mass is 16.3. The van der Waals surface area contributed by atoms with Gasteiger partial charge in [0.25, 0.3) is 0 Å². The molecule has 0 saturated carbocycles. The van der Waals surface area contributed by atoms with Crippen LogP contribution >= 0.6 is 0 Å². The minimum Gasteiger partial charge on any atom is -0.456 e. The Hall–Kier alpha value is -6.38. The summed E-state index contributed by atoms with van der Waals surface area (Å²) in [6.45, 7) is 0. The van der Waals surface area contributed by atoms with Gasteiger partial charge in [-0.1, -0.05) is 139 Å². The Morgan fingerprint density at radius 1 is 0.354 bits per heavy atom. The molecule has 48 heavy (non-hydrogen) atoms. The average Bonchev–Trinajstić information content (AvgIpc) is 3.38. The van der Waals surface area contributed by atoms with E-state index in [1.807, 2.05) is 0 Å². The molecule has 9 aromatic rings. The number of nitrogens with zero attached hydrogens (tertiary/aromatic N) is 1. The maximum atomic E-state index is 9.99. The van der Waals surface area contributed by atoms with Crippen LogP contribution in [-0.4, -0.2) is 0 Å². The summed E-state index contributed by atoms with van der Waals surface area (Å²) in [4.78, 5) is 0.333. The Bertz CT molecular complexity index is 4060. The van der Waals surface area contributed by atoms with Gasteiger partial charge >= 0.3 is 0 Å². The molecule has 1 heterocycles. The van der Waals surface area contributed by atoms with Gasteiger partial charge in [0, 0.05) is 27.8 Å². The van der Waals surface area contributed by atoms with Gasteiger partial charge in [-0.3, -0.25) is 0 Å². The van der Waals surface area contributed by atoms with Gasteiger partial charge in [-0.15, -0.1) is 0 Å². The summed E-state index contributed by atoms with van der Waals surface area (Å²) in [6, 6.07) is -32.0. The molecule has 0 unspecified atom stereocenters. The molecule has 0 spiro atoms. The molecule has 226 valence electrons. The Labute approximate surface area is 323 Å². The highest BCUT2D eigenvalue weighted by Gasteiger charge is 2.19. The third-order valence-corrected chi connectivity index (χ3v) is 7.02. The zero-order valence-electron chi connectivity index (χ0n) is 54.9. The number of hydrogen-bond acceptors (Lipinski definition) is 2. The van der Waals surface area contributed by atoms with Crippen LogP contribution in [0.4, 0.5) is 17.1 Å². The standard InChI is InChI=1S/C46H31NO/c1-4-12-32(13-5-1)34-20-24-37(25-21-34)47(38-26-22-35(23-27-38)33-14-6-2-7-15-33)39-28-29-44-43(30-39)46-41-19-11-10-18-40(41)42(31-45(46)48-44)36-16-8-3-9-17-36/h1-31H/i1D,2D,3D,4D,5D,6D,7D,8D,9D,10D,11D,12D,13D,14D,15D,16D,17D,18D,19D,20D,21D,22D,23D,24D,25D,26D,27D,28D,29D,30D,31D. The second-order valence-corrected chi connectivity index (χ2v) is 9.77. The van der Waals surface area contributed by atoms with E-state index in [-0.39, 0.29) is 0 Å². The molecule has 0 aliphatic rings. The Kier molecular flexibility index (Phi) is 2.59. The van der Waals surface area contributed by atoms with Crippen molar-refractivity contribution < 1.29 is 46.9 Å². The van der Waals surface area contributed by atoms with Crippen molar-refractivity contribution in [1.29, 1.82) is 0 Å². The van der Waals surface area contributed by atoms with E-state index in [4.69, 9.17) is 29.1 Å². The Morgan fingerprint density at radius 3 is 1.38 bits per heavy atom. The summed E-state index contributed by atoms with van der Waals surface area (Å²) in [5.74, 6) is 0. The molecule has 0 bridgehead atoms. The second-order valence-electron chi connectivity index (χ2n) is 9.77. The molecule has 0 aliphatic heterocycles. The van der Waals surface area contributed by atoms with Gasteiger partial charge < -0.3 is 9.32 Å². The summed E-state index contributed by atoms with van der Waals surface area (Å²) < 4.78 is 281. The normalized spacial score (nSPS) is 20.4. The maximum absolute atomic E-state index is 9.99. The van der Waals surface area contributed by atoms with Crippen molar-refractivity contribution in [2.45, 2.75) is 0 Å². The molecule has 8 aromatic carbocycles. The zero-order valence-corrected chi connectivity index (χ0v) is 23.9. The Balaban J connectivity index is 1.52. The number of hydrogen-bond donors (Lipinski definition) is 0. The smallest absolute Gasteiger partial charge is 0.136 e. The molecule has 0 fully saturated rings. The third-order valence-electron chi connectivity index (χ3n) is 7.02. The van der Waals surface area contributed by atoms with E-state index in [2.05, 4.69) is 0 Å². The van der Waals surface area contributed by atoms with Crippen LogP contribution in [0.2, 0.25) is 0 Å². The molecule has 2 heteroatoms. The van der Waals surface area contributed by atoms with Crippen LogP contribution in [0, 0.1) is 0 Å². The van der Waals surface area contributed by atoms with Crippen LogP contribution in [0.15, 0.2) is 192 Å². The molecule has 0 atom stereocenters. The fourth-order valence-electron chi connectivity index (χ4n) is 4.94. The van der Waals surface area contributed by atoms with Crippen molar-refractivity contribution in [2.24, 2.45) is 0 Å². The molecular weight excluding hydrogens is 583 g/mol. The highest BCUT2D eigenvalue weighted by molar-refractivity contribution is 6.22. The summed E-state index contributed by atoms with van der Waals surface area (Å²) >= 11 is 0. The minimum atomic E-state index is -1.27. The largest absolute Gasteiger partial charge is 0.456 e. The molecule has 0 N–H and O–H groups in total. The average molecular weight is 645 g/mol. The van der Waals surface area contributed by atoms with E-state index in [1.54, 1.807) is 0 Å². The van der Waals surface area contributed by atoms with Crippen molar-refractivity contribution in [2.75, 3.05) is 4.90 Å². The zero-order chi connectivity index (χ0) is 58.8. The van der Waals surface area contributed by atoms with Crippen molar-refractivity contribution >= 4 is 49.8 Å². The van der Waals surface area contributed by atoms with Crippen LogP contribution in [-0.2, 0) is 0 Å². The van der Waals surface area contributed by atoms with Crippen LogP contribution in [0.1, 0.15) is 42.5 Å². The fraction of sp³-hybridized carbons (Fsp3) is 0. The number of benzene rings is 8. The van der Waals surface area contributed by atoms with E-state index in [0.717, 1.165) is 0 Å². The summed E-state index contributed by atoms with van der Waals surface area (Å²) in [5, 5.41) is -2.68. The lowest BCUT2D eigenvalue weighted by Gasteiger charge is -2.26. The first-order chi connectivity index (χ1) is 36.7. The lowest BCUT2D eigenvalue weighted by molar-refractivity contribution is 0.669. The quantitative estimate of drug-likeness (QED) is 0.179. The van der Waals surface area contributed by atoms with Gasteiger partial charge in [0.05, 0.1) is 42.5 Å². The number of rotatable bonds is 6. The van der Waals surface area contributed by atoms with Crippen LogP contribution < -0.4 is 4.90 Å². The SMILES string of the molecule is [2H]c1c([2H])c([2H])c(-c2c([2H])c([2H])c(N(c3c([2H])c([2H])c(-c4c([2H])c([2H])c([2H])c([2H])c4[2H])c([2H])c3[2H])c3c([2H])c([2H])c4oc5c([2H])c(-c6c([2H])c([2H])c([2H])c([2H])c6[2H])c6c([2H])c([2H])c([2H])c([2H])c6c5c4c3[2H])c([2H])c2[2H])c([2H])c1[2H]. The summed E-state index contributed by atoms with van der Waals surface area (Å²) in [5.41, 5.74) is -9.91. The van der Waals surface area contributed by atoms with Crippen LogP contribution in [0.25, 0.3) is 66.1 Å². The fourth-order valence-corrected chi connectivity index (χ4v) is 4.94. The van der Waals surface area contributed by atoms with E-state index in [1.165, 1.54) is 0 Å². The number of furan rings is 1. The van der Waals surface area contributed by atoms with Crippen molar-refractivity contribution in [3.8, 4) is 33.4 Å². The first kappa shape index (κ1) is 10.6. The van der Waals surface area contributed by atoms with Gasteiger partial charge in [0.1, 0.15) is 11.2 Å². The lowest BCUT2D eigenvalue weighted by Crippen LogP contribution is -2.09. The number of fused-ring (bicyclic) bond motifs is 5. The first-order valence-electron chi connectivity index (χ1n) is 29.3. The number of anilines is 3. The van der Waals surface area contributed by atoms with Crippen molar-refractivity contribution in [3.05, 3.63) is 187 Å². The topological polar surface area (TPSA) is 16.4 Å². The maximum Gasteiger partial charge on any atom is 0.136 e. The predicted octanol–water partition coefficient (Wildman–Crippen LogP) is 13.2. The highest BCUT2D eigenvalue weighted by Crippen LogP contribution is 2.43. The summed E-state index contributed by atoms with van der Waals surface area (Å²) in [6.07, 6.45) is 0. The Morgan fingerprint density at radius 2 is 0.812 bits per heavy atom. The molecule has 1 aromatic heterocycles. The van der Waals surface area contributed by atoms with Gasteiger partial charge in [0.2, 0.25) is 0 Å². The van der Waals surface area contributed by atoms with Crippen LogP contribution in [0.5, 0.6) is 0 Å². The van der Waals surface area contributed by atoms with Gasteiger partial charge in [-0.2, -0.15) is 0 Å². The first-order valence-corrected chi connectivity index (χ1v) is 13.8. The van der Waals surface area contributed by atoms with E-state index < -0.39 is 270 Å². The molecule has 0 amide bonds. The molecule has 0 aliphatic carbocycles. The van der Waals surface area contributed by atoms with Gasteiger partial charge in [0.15, 0.2) is 0 Å².